The van der Waals surface area contributed by atoms with Crippen molar-refractivity contribution in [2.45, 2.75) is 171 Å². The van der Waals surface area contributed by atoms with Gasteiger partial charge in [0.05, 0.1) is 89.7 Å². The Kier molecular flexibility index (Phi) is 39.7. The Morgan fingerprint density at radius 2 is 0.743 bits per heavy atom. The second kappa shape index (κ2) is 44.4. The van der Waals surface area contributed by atoms with Gasteiger partial charge in [-0.3, -0.25) is 4.93 Å². The number of anilines is 10. The third kappa shape index (κ3) is 27.4. The predicted octanol–water partition coefficient (Wildman–Crippen LogP) is 20.9. The summed E-state index contributed by atoms with van der Waals surface area (Å²) in [5.41, 5.74) is 7.66. The van der Waals surface area contributed by atoms with Crippen molar-refractivity contribution in [3.8, 4) is 11.5 Å². The summed E-state index contributed by atoms with van der Waals surface area (Å²) in [6.07, 6.45) is 8.67. The van der Waals surface area contributed by atoms with Gasteiger partial charge in [0, 0.05) is 18.6 Å². The van der Waals surface area contributed by atoms with Crippen molar-refractivity contribution in [2.24, 2.45) is 0 Å². The van der Waals surface area contributed by atoms with E-state index in [1.54, 1.807) is 108 Å². The molecule has 0 aliphatic carbocycles. The topological polar surface area (TPSA) is 282 Å². The number of piperidine rings is 2. The molecule has 8 aromatic rings. The minimum Gasteiger partial charge on any atom is -0.489 e. The van der Waals surface area contributed by atoms with Crippen LogP contribution in [0.1, 0.15) is 136 Å². The van der Waals surface area contributed by atoms with E-state index in [1.165, 1.54) is 46.9 Å². The molecule has 5 heterocycles. The number of sulfone groups is 3. The van der Waals surface area contributed by atoms with Crippen molar-refractivity contribution in [3.05, 3.63) is 163 Å². The van der Waals surface area contributed by atoms with E-state index in [1.807, 2.05) is 50.3 Å². The standard InChI is InChI=1S/2C28H36ClN5O3S.C13H13Cl2N3O2S.CHI3.CH2I.CH4.V/c2*1-17(2)37-25-15-21(20-10-12-30-13-11-20)19(5)14-24(25)33-28-31-16-22(29)27(34-28)32-23-8-6-7-9-26(23)38(35,36)18(3)4;1-8(2)21(19,20)11-6-4-3-5-10(11)17-12-9(14)7-16-13(15)18-12;2-1(3)4;1-2;;/h2*6-9,14-18,20,30H,10-13H2,1-5H3,(H2,31,32,33,34);3-8H,1-2H3,(H,16,17,18);1H;1H2;1H4;/q;;;;-1;;. The summed E-state index contributed by atoms with van der Waals surface area (Å²) in [6.45, 7) is 26.1. The van der Waals surface area contributed by atoms with E-state index < -0.39 is 45.3 Å². The zero-order valence-electron chi connectivity index (χ0n) is 59.6. The molecule has 0 bridgehead atoms. The number of rotatable bonds is 22. The van der Waals surface area contributed by atoms with E-state index >= 15 is 0 Å². The predicted molar refractivity (Wildman–Crippen MR) is 464 cm³/mol. The van der Waals surface area contributed by atoms with Gasteiger partial charge in [0.25, 0.3) is 0 Å². The molecule has 0 unspecified atom stereocenters. The molecule has 2 aliphatic rings. The van der Waals surface area contributed by atoms with Crippen LogP contribution in [0.2, 0.25) is 20.4 Å². The first kappa shape index (κ1) is 93.8. The molecule has 0 spiro atoms. The maximum atomic E-state index is 12.9. The molecular formula is C72H92Cl4I4N13O8S3V-. The molecule has 573 valence electrons. The van der Waals surface area contributed by atoms with E-state index in [2.05, 4.69) is 178 Å². The van der Waals surface area contributed by atoms with Crippen LogP contribution in [0.3, 0.4) is 0 Å². The van der Waals surface area contributed by atoms with Crippen LogP contribution in [0.15, 0.2) is 130 Å². The van der Waals surface area contributed by atoms with Gasteiger partial charge in [-0.15, -0.1) is 0 Å². The maximum absolute atomic E-state index is 12.9. The quantitative estimate of drug-likeness (QED) is 0.0144. The van der Waals surface area contributed by atoms with Crippen molar-refractivity contribution in [1.29, 1.82) is 0 Å². The normalized spacial score (nSPS) is 13.3. The number of halogens is 8. The van der Waals surface area contributed by atoms with Crippen molar-refractivity contribution in [1.82, 2.24) is 40.5 Å². The summed E-state index contributed by atoms with van der Waals surface area (Å²) in [5, 5.41) is 21.7. The minimum atomic E-state index is -3.52. The van der Waals surface area contributed by atoms with Gasteiger partial charge in [0.1, 0.15) is 26.5 Å². The Morgan fingerprint density at radius 1 is 0.457 bits per heavy atom. The van der Waals surface area contributed by atoms with Gasteiger partial charge in [-0.05, 0) is 241 Å². The first-order chi connectivity index (χ1) is 48.7. The molecule has 1 radical (unpaired) electrons. The Bertz CT molecular complexity index is 4280. The molecule has 0 atom stereocenters. The Labute approximate surface area is 707 Å². The third-order valence-electron chi connectivity index (χ3n) is 15.9. The Morgan fingerprint density at radius 3 is 1.04 bits per heavy atom. The van der Waals surface area contributed by atoms with E-state index in [0.29, 0.717) is 52.4 Å². The number of hydrogen-bond donors (Lipinski definition) is 7. The van der Waals surface area contributed by atoms with Gasteiger partial charge >= 0.3 is 0 Å². The zero-order chi connectivity index (χ0) is 76.1. The fraction of sp³-hybridized carbons (Fsp3) is 0.403. The van der Waals surface area contributed by atoms with Crippen LogP contribution in [0, 0.1) is 18.8 Å². The van der Waals surface area contributed by atoms with Gasteiger partial charge in [0.15, 0.2) is 47.0 Å². The number of benzene rings is 5. The molecule has 2 saturated heterocycles. The zero-order valence-corrected chi connectivity index (χ0v) is 75.1. The molecule has 2 aliphatic heterocycles. The van der Waals surface area contributed by atoms with Crippen molar-refractivity contribution in [2.75, 3.05) is 52.8 Å². The number of alkyl halides is 3. The first-order valence-corrected chi connectivity index (χ1v) is 44.4. The molecule has 10 rings (SSSR count). The van der Waals surface area contributed by atoms with Crippen LogP contribution in [-0.4, -0.2) is 109 Å². The SMILES string of the molecule is C.CC(C)S(=O)(=O)c1ccccc1Nc1nc(Cl)ncc1Cl.Cc1cc(Nc2ncc(Cl)c(Nc3ccccc3S(=O)(=O)C(C)C)n2)c(OC(C)C)cc1C1CCNCC1.Cc1cc(Nc2ncc(Cl)c(Nc3ccccc3S(=O)(=O)C(C)C)n2)c(OC(C)C)cc1C1CCNCC1.IC(I)I.[CH2-]I.[V]. The smallest absolute Gasteiger partial charge is 0.229 e. The monoisotopic (exact) mass is 2060 g/mol. The van der Waals surface area contributed by atoms with Crippen LogP contribution in [0.5, 0.6) is 11.5 Å². The molecule has 5 aromatic carbocycles. The van der Waals surface area contributed by atoms with E-state index in [0.717, 1.165) is 74.7 Å². The summed E-state index contributed by atoms with van der Waals surface area (Å²) in [6, 6.07) is 28.4. The van der Waals surface area contributed by atoms with Crippen LogP contribution < -0.4 is 46.7 Å². The minimum absolute atomic E-state index is 0. The molecule has 2 fully saturated rings. The van der Waals surface area contributed by atoms with Crippen LogP contribution in [0.4, 0.5) is 57.8 Å². The fourth-order valence-electron chi connectivity index (χ4n) is 10.8. The fourth-order valence-corrected chi connectivity index (χ4v) is 14.9. The number of aromatic nitrogens is 6. The van der Waals surface area contributed by atoms with Crippen molar-refractivity contribution >= 4 is 224 Å². The summed E-state index contributed by atoms with van der Waals surface area (Å²) < 4.78 is 89.4. The Hall–Kier alpha value is -3.63. The molecule has 33 heteroatoms. The third-order valence-corrected chi connectivity index (χ3v) is 23.6. The molecule has 21 nitrogen and oxygen atoms in total. The number of ether oxygens (including phenoxy) is 2. The summed E-state index contributed by atoms with van der Waals surface area (Å²) in [7, 11) is -10.5. The number of aryl methyl sites for hydroxylation is 2. The van der Waals surface area contributed by atoms with Gasteiger partial charge in [-0.2, -0.15) is 15.0 Å². The molecule has 7 N–H and O–H groups in total. The van der Waals surface area contributed by atoms with Crippen LogP contribution >= 0.6 is 137 Å². The molecule has 0 saturated carbocycles. The van der Waals surface area contributed by atoms with E-state index in [9.17, 15) is 25.3 Å². The van der Waals surface area contributed by atoms with Gasteiger partial charge in [-0.1, -0.05) is 146 Å². The van der Waals surface area contributed by atoms with Gasteiger partial charge in [0.2, 0.25) is 17.2 Å². The molecule has 0 amide bonds. The van der Waals surface area contributed by atoms with Crippen LogP contribution in [0.25, 0.3) is 0 Å². The second-order valence-electron chi connectivity index (χ2n) is 25.0. The average molecular weight is 2060 g/mol. The van der Waals surface area contributed by atoms with E-state index in [-0.39, 0.29) is 79.0 Å². The summed E-state index contributed by atoms with van der Waals surface area (Å²) in [4.78, 5) is 29.3. The number of nitrogens with one attached hydrogen (secondary N) is 7. The largest absolute Gasteiger partial charge is 0.489 e. The van der Waals surface area contributed by atoms with E-state index in [4.69, 9.17) is 55.9 Å². The second-order valence-corrected chi connectivity index (χ2v) is 44.9. The first-order valence-electron chi connectivity index (χ1n) is 33.0. The summed E-state index contributed by atoms with van der Waals surface area (Å²) >= 11 is 33.4. The van der Waals surface area contributed by atoms with Crippen molar-refractivity contribution < 1.29 is 53.3 Å². The number of nitrogens with zero attached hydrogens (tertiary/aromatic N) is 6. The number of hydrogen-bond acceptors (Lipinski definition) is 21. The van der Waals surface area contributed by atoms with Crippen molar-refractivity contribution in [3.63, 3.8) is 0 Å². The average Bonchev–Trinajstić information content (AvgIpc) is 0.818. The summed E-state index contributed by atoms with van der Waals surface area (Å²) in [5.74, 6) is 3.92. The van der Waals surface area contributed by atoms with Gasteiger partial charge in [-0.25, -0.2) is 40.2 Å². The van der Waals surface area contributed by atoms with Gasteiger partial charge < -0.3 is 69.3 Å². The Balaban J connectivity index is 0.000000329. The molecule has 3 aromatic heterocycles. The maximum Gasteiger partial charge on any atom is 0.229 e. The molecular weight excluding hydrogens is 1970 g/mol. The van der Waals surface area contributed by atoms with Crippen LogP contribution in [-0.2, 0) is 48.1 Å². The molecule has 105 heavy (non-hydrogen) atoms. The number of para-hydroxylation sites is 3.